The third-order valence-electron chi connectivity index (χ3n) is 2.76. The molecule has 1 atom stereocenters. The normalized spacial score (nSPS) is 12.2. The minimum absolute atomic E-state index is 0.0159. The maximum atomic E-state index is 13.9. The highest BCUT2D eigenvalue weighted by Gasteiger charge is 2.09. The van der Waals surface area contributed by atoms with Crippen LogP contribution in [0.25, 0.3) is 0 Å². The smallest absolute Gasteiger partial charge is 0.269 e. The number of benzene rings is 2. The van der Waals surface area contributed by atoms with Gasteiger partial charge in [0.2, 0.25) is 0 Å². The van der Waals surface area contributed by atoms with Crippen LogP contribution in [0, 0.1) is 15.9 Å². The Morgan fingerprint density at radius 1 is 1.25 bits per heavy atom. The van der Waals surface area contributed by atoms with E-state index in [0.717, 1.165) is 10.5 Å². The summed E-state index contributed by atoms with van der Waals surface area (Å²) in [4.78, 5) is 11.3. The largest absolute Gasteiger partial charge is 0.324 e. The Kier molecular flexibility index (Phi) is 4.36. The molecule has 2 rings (SSSR count). The van der Waals surface area contributed by atoms with Gasteiger partial charge in [0, 0.05) is 28.0 Å². The monoisotopic (exact) mass is 292 g/mol. The number of halogens is 1. The Morgan fingerprint density at radius 3 is 2.40 bits per heavy atom. The molecule has 6 heteroatoms. The van der Waals surface area contributed by atoms with E-state index in [9.17, 15) is 14.5 Å². The lowest BCUT2D eigenvalue weighted by Gasteiger charge is -2.08. The fourth-order valence-corrected chi connectivity index (χ4v) is 2.46. The summed E-state index contributed by atoms with van der Waals surface area (Å²) in [6.45, 7) is 1.79. The number of nitro groups is 1. The predicted octanol–water partition coefficient (Wildman–Crippen LogP) is 3.90. The second kappa shape index (κ2) is 6.02. The maximum absolute atomic E-state index is 13.9. The Bertz CT molecular complexity index is 630. The molecule has 0 aliphatic rings. The second-order valence-electron chi connectivity index (χ2n) is 4.33. The van der Waals surface area contributed by atoms with Gasteiger partial charge in [-0.15, -0.1) is 0 Å². The van der Waals surface area contributed by atoms with Crippen LogP contribution in [-0.4, -0.2) is 4.92 Å². The summed E-state index contributed by atoms with van der Waals surface area (Å²) >= 11 is 1.22. The molecule has 0 saturated heterocycles. The molecule has 2 aromatic rings. The van der Waals surface area contributed by atoms with E-state index in [4.69, 9.17) is 5.73 Å². The summed E-state index contributed by atoms with van der Waals surface area (Å²) < 4.78 is 13.9. The number of non-ortho nitro benzene ring substituents is 1. The lowest BCUT2D eigenvalue weighted by atomic mass is 10.1. The van der Waals surface area contributed by atoms with Gasteiger partial charge in [0.25, 0.3) is 5.69 Å². The molecule has 4 nitrogen and oxygen atoms in total. The number of hydrogen-bond acceptors (Lipinski definition) is 4. The van der Waals surface area contributed by atoms with Crippen LogP contribution < -0.4 is 5.73 Å². The summed E-state index contributed by atoms with van der Waals surface area (Å²) in [6.07, 6.45) is 0. The average molecular weight is 292 g/mol. The van der Waals surface area contributed by atoms with Crippen molar-refractivity contribution in [1.29, 1.82) is 0 Å². The quantitative estimate of drug-likeness (QED) is 0.685. The first kappa shape index (κ1) is 14.5. The summed E-state index contributed by atoms with van der Waals surface area (Å²) in [5, 5.41) is 10.6. The van der Waals surface area contributed by atoms with Gasteiger partial charge in [-0.2, -0.15) is 0 Å². The van der Waals surface area contributed by atoms with Crippen molar-refractivity contribution in [3.8, 4) is 0 Å². The molecule has 0 aliphatic heterocycles. The van der Waals surface area contributed by atoms with Crippen LogP contribution in [0.1, 0.15) is 18.5 Å². The zero-order chi connectivity index (χ0) is 14.7. The third-order valence-corrected chi connectivity index (χ3v) is 3.82. The molecular formula is C14H13FN2O2S. The molecule has 0 spiro atoms. The van der Waals surface area contributed by atoms with Crippen molar-refractivity contribution in [2.75, 3.05) is 0 Å². The Hall–Kier alpha value is -1.92. The minimum atomic E-state index is -0.466. The molecule has 2 aromatic carbocycles. The van der Waals surface area contributed by atoms with Crippen LogP contribution in [0.5, 0.6) is 0 Å². The van der Waals surface area contributed by atoms with Crippen LogP contribution in [0.3, 0.4) is 0 Å². The SMILES string of the molecule is CC(N)c1ccc(Sc2ccc([N+](=O)[O-])cc2)c(F)c1. The molecule has 0 heterocycles. The molecule has 104 valence electrons. The number of nitro benzene ring substituents is 1. The first-order chi connectivity index (χ1) is 9.47. The van der Waals surface area contributed by atoms with Crippen LogP contribution in [0.15, 0.2) is 52.3 Å². The first-order valence-electron chi connectivity index (χ1n) is 5.94. The zero-order valence-corrected chi connectivity index (χ0v) is 11.6. The topological polar surface area (TPSA) is 69.2 Å². The van der Waals surface area contributed by atoms with Crippen molar-refractivity contribution in [3.05, 3.63) is 64.0 Å². The van der Waals surface area contributed by atoms with Crippen LogP contribution in [0.2, 0.25) is 0 Å². The van der Waals surface area contributed by atoms with Gasteiger partial charge < -0.3 is 5.73 Å². The van der Waals surface area contributed by atoms with Crippen molar-refractivity contribution < 1.29 is 9.31 Å². The van der Waals surface area contributed by atoms with Crippen molar-refractivity contribution in [3.63, 3.8) is 0 Å². The van der Waals surface area contributed by atoms with Crippen LogP contribution in [0.4, 0.5) is 10.1 Å². The van der Waals surface area contributed by atoms with E-state index < -0.39 is 4.92 Å². The van der Waals surface area contributed by atoms with Gasteiger partial charge in [-0.05, 0) is 36.8 Å². The predicted molar refractivity (Wildman–Crippen MR) is 76.2 cm³/mol. The van der Waals surface area contributed by atoms with Gasteiger partial charge in [0.05, 0.1) is 4.92 Å². The zero-order valence-electron chi connectivity index (χ0n) is 10.7. The number of hydrogen-bond donors (Lipinski definition) is 1. The molecule has 0 fully saturated rings. The van der Waals surface area contributed by atoms with Crippen molar-refractivity contribution in [1.82, 2.24) is 0 Å². The highest BCUT2D eigenvalue weighted by atomic mass is 32.2. The van der Waals surface area contributed by atoms with E-state index >= 15 is 0 Å². The summed E-state index contributed by atoms with van der Waals surface area (Å²) in [6, 6.07) is 10.6. The second-order valence-corrected chi connectivity index (χ2v) is 5.45. The van der Waals surface area contributed by atoms with Gasteiger partial charge in [-0.1, -0.05) is 17.8 Å². The molecule has 1 unspecified atom stereocenters. The van der Waals surface area contributed by atoms with E-state index in [1.807, 2.05) is 0 Å². The lowest BCUT2D eigenvalue weighted by molar-refractivity contribution is -0.384. The van der Waals surface area contributed by atoms with E-state index in [1.54, 1.807) is 31.2 Å². The molecule has 0 bridgehead atoms. The van der Waals surface area contributed by atoms with Crippen molar-refractivity contribution >= 4 is 17.4 Å². The summed E-state index contributed by atoms with van der Waals surface area (Å²) in [5.41, 5.74) is 6.44. The summed E-state index contributed by atoms with van der Waals surface area (Å²) in [5.74, 6) is -0.344. The van der Waals surface area contributed by atoms with Gasteiger partial charge in [0.1, 0.15) is 5.82 Å². The van der Waals surface area contributed by atoms with Crippen molar-refractivity contribution in [2.24, 2.45) is 5.73 Å². The first-order valence-corrected chi connectivity index (χ1v) is 6.76. The third kappa shape index (κ3) is 3.34. The molecule has 0 radical (unpaired) electrons. The number of nitrogens with zero attached hydrogens (tertiary/aromatic N) is 1. The molecule has 2 N–H and O–H groups in total. The van der Waals surface area contributed by atoms with Gasteiger partial charge in [-0.25, -0.2) is 4.39 Å². The van der Waals surface area contributed by atoms with Crippen molar-refractivity contribution in [2.45, 2.75) is 22.8 Å². The molecule has 0 amide bonds. The Labute approximate surface area is 119 Å². The van der Waals surface area contributed by atoms with E-state index in [0.29, 0.717) is 4.90 Å². The van der Waals surface area contributed by atoms with E-state index in [-0.39, 0.29) is 17.5 Å². The van der Waals surface area contributed by atoms with Crippen LogP contribution in [-0.2, 0) is 0 Å². The molecule has 0 saturated carbocycles. The van der Waals surface area contributed by atoms with Gasteiger partial charge in [-0.3, -0.25) is 10.1 Å². The Balaban J connectivity index is 2.19. The molecule has 0 aliphatic carbocycles. The average Bonchev–Trinajstić information content (AvgIpc) is 2.41. The fourth-order valence-electron chi connectivity index (χ4n) is 1.65. The highest BCUT2D eigenvalue weighted by molar-refractivity contribution is 7.99. The highest BCUT2D eigenvalue weighted by Crippen LogP contribution is 2.31. The Morgan fingerprint density at radius 2 is 1.90 bits per heavy atom. The van der Waals surface area contributed by atoms with Gasteiger partial charge >= 0.3 is 0 Å². The summed E-state index contributed by atoms with van der Waals surface area (Å²) in [7, 11) is 0. The maximum Gasteiger partial charge on any atom is 0.269 e. The number of nitrogens with two attached hydrogens (primary N) is 1. The lowest BCUT2D eigenvalue weighted by Crippen LogP contribution is -2.05. The number of rotatable bonds is 4. The standard InChI is InChI=1S/C14H13FN2O2S/c1-9(16)10-2-7-14(13(15)8-10)20-12-5-3-11(4-6-12)17(18)19/h2-9H,16H2,1H3. The molecule has 20 heavy (non-hydrogen) atoms. The van der Waals surface area contributed by atoms with Gasteiger partial charge in [0.15, 0.2) is 0 Å². The van der Waals surface area contributed by atoms with E-state index in [2.05, 4.69) is 0 Å². The van der Waals surface area contributed by atoms with Crippen LogP contribution >= 0.6 is 11.8 Å². The minimum Gasteiger partial charge on any atom is -0.324 e. The fraction of sp³-hybridized carbons (Fsp3) is 0.143. The molecular weight excluding hydrogens is 279 g/mol. The van der Waals surface area contributed by atoms with E-state index in [1.165, 1.54) is 30.0 Å². The molecule has 0 aromatic heterocycles.